The lowest BCUT2D eigenvalue weighted by molar-refractivity contribution is 0.695. The normalized spacial score (nSPS) is 16.8. The topological polar surface area (TPSA) is 12.9 Å². The third-order valence-electron chi connectivity index (χ3n) is 5.89. The van der Waals surface area contributed by atoms with Crippen LogP contribution in [0.4, 0.5) is 0 Å². The van der Waals surface area contributed by atoms with Crippen LogP contribution >= 0.6 is 11.6 Å². The smallest absolute Gasteiger partial charge is 0.129 e. The number of hydrogen-bond acceptors (Lipinski definition) is 1. The minimum Gasteiger partial charge on any atom is -0.236 e. The second-order valence-corrected chi connectivity index (χ2v) is 8.55. The van der Waals surface area contributed by atoms with E-state index in [1.165, 1.54) is 27.8 Å². The van der Waals surface area contributed by atoms with E-state index in [1.54, 1.807) is 0 Å². The van der Waals surface area contributed by atoms with Crippen molar-refractivity contribution in [1.29, 1.82) is 0 Å². The summed E-state index contributed by atoms with van der Waals surface area (Å²) in [7, 11) is 0. The number of aromatic nitrogens is 1. The predicted molar refractivity (Wildman–Crippen MR) is 131 cm³/mol. The van der Waals surface area contributed by atoms with Crippen LogP contribution < -0.4 is 0 Å². The highest BCUT2D eigenvalue weighted by atomic mass is 35.5. The van der Waals surface area contributed by atoms with Gasteiger partial charge < -0.3 is 0 Å². The molecule has 30 heavy (non-hydrogen) atoms. The van der Waals surface area contributed by atoms with Crippen LogP contribution in [-0.4, -0.2) is 4.98 Å². The first-order valence-electron chi connectivity index (χ1n) is 10.9. The van der Waals surface area contributed by atoms with Crippen LogP contribution in [0.3, 0.4) is 0 Å². The van der Waals surface area contributed by atoms with Gasteiger partial charge in [-0.15, -0.1) is 6.58 Å². The number of halogens is 1. The van der Waals surface area contributed by atoms with Crippen molar-refractivity contribution in [3.8, 4) is 0 Å². The van der Waals surface area contributed by atoms with Gasteiger partial charge in [-0.3, -0.25) is 0 Å². The Hall–Kier alpha value is -2.38. The standard InChI is InChI=1S/C28H32ClN/c1-5-7-8-22-12-14-23(15-13-22)16-17-24-11-9-20(3)26(19-24)25(6-2)28-21(4)10-18-27(29)30-28/h5-6,10-15,18-20H,1,7-9,16-17H2,2-4H3/b25-6+. The van der Waals surface area contributed by atoms with Crippen LogP contribution in [0.2, 0.25) is 5.15 Å². The number of benzene rings is 1. The molecule has 0 spiro atoms. The zero-order valence-electron chi connectivity index (χ0n) is 18.4. The lowest BCUT2D eigenvalue weighted by Crippen LogP contribution is -2.08. The van der Waals surface area contributed by atoms with Gasteiger partial charge in [0.15, 0.2) is 0 Å². The van der Waals surface area contributed by atoms with Gasteiger partial charge in [0, 0.05) is 0 Å². The Morgan fingerprint density at radius 2 is 1.80 bits per heavy atom. The van der Waals surface area contributed by atoms with E-state index in [1.807, 2.05) is 12.1 Å². The molecule has 2 heteroatoms. The van der Waals surface area contributed by atoms with E-state index in [4.69, 9.17) is 11.6 Å². The molecule has 3 rings (SSSR count). The Morgan fingerprint density at radius 3 is 2.47 bits per heavy atom. The van der Waals surface area contributed by atoms with E-state index in [-0.39, 0.29) is 0 Å². The second kappa shape index (κ2) is 10.6. The molecule has 0 N–H and O–H groups in total. The van der Waals surface area contributed by atoms with Crippen molar-refractivity contribution in [3.63, 3.8) is 0 Å². The molecule has 0 bridgehead atoms. The predicted octanol–water partition coefficient (Wildman–Crippen LogP) is 8.09. The van der Waals surface area contributed by atoms with Crippen LogP contribution in [0.1, 0.15) is 55.5 Å². The van der Waals surface area contributed by atoms with Gasteiger partial charge in [-0.05, 0) is 85.8 Å². The molecule has 0 aliphatic heterocycles. The summed E-state index contributed by atoms with van der Waals surface area (Å²) < 4.78 is 0. The lowest BCUT2D eigenvalue weighted by atomic mass is 9.82. The summed E-state index contributed by atoms with van der Waals surface area (Å²) >= 11 is 6.20. The summed E-state index contributed by atoms with van der Waals surface area (Å²) in [6, 6.07) is 13.0. The fourth-order valence-electron chi connectivity index (χ4n) is 4.02. The maximum Gasteiger partial charge on any atom is 0.129 e. The Balaban J connectivity index is 1.74. The molecule has 1 nitrogen and oxygen atoms in total. The van der Waals surface area contributed by atoms with Gasteiger partial charge in [0.05, 0.1) is 5.69 Å². The molecule has 1 aromatic carbocycles. The Labute approximate surface area is 186 Å². The maximum atomic E-state index is 6.20. The minimum atomic E-state index is 0.476. The summed E-state index contributed by atoms with van der Waals surface area (Å²) in [5.41, 5.74) is 8.93. The van der Waals surface area contributed by atoms with Crippen molar-refractivity contribution in [1.82, 2.24) is 4.98 Å². The molecule has 156 valence electrons. The average Bonchev–Trinajstić information content (AvgIpc) is 2.76. The third kappa shape index (κ3) is 5.61. The van der Waals surface area contributed by atoms with Gasteiger partial charge >= 0.3 is 0 Å². The fraction of sp³-hybridized carbons (Fsp3) is 0.321. The summed E-state index contributed by atoms with van der Waals surface area (Å²) in [4.78, 5) is 4.63. The molecule has 1 aromatic heterocycles. The van der Waals surface area contributed by atoms with Crippen molar-refractivity contribution in [3.05, 3.63) is 106 Å². The Kier molecular flexibility index (Phi) is 7.87. The van der Waals surface area contributed by atoms with Crippen molar-refractivity contribution >= 4 is 17.2 Å². The van der Waals surface area contributed by atoms with Crippen LogP contribution in [-0.2, 0) is 12.8 Å². The molecule has 0 saturated heterocycles. The SMILES string of the molecule is C=CCCc1ccc(CCC2=CCC(C)C(/C(=C\C)c3nc(Cl)ccc3C)=C2)cc1. The zero-order chi connectivity index (χ0) is 21.5. The van der Waals surface area contributed by atoms with Crippen molar-refractivity contribution < 1.29 is 0 Å². The molecule has 2 aromatic rings. The summed E-state index contributed by atoms with van der Waals surface area (Å²) in [5.74, 6) is 0.476. The van der Waals surface area contributed by atoms with Crippen LogP contribution in [0.5, 0.6) is 0 Å². The number of pyridine rings is 1. The molecule has 1 aliphatic carbocycles. The molecule has 1 heterocycles. The first kappa shape index (κ1) is 22.3. The van der Waals surface area contributed by atoms with Gasteiger partial charge in [-0.25, -0.2) is 4.98 Å². The van der Waals surface area contributed by atoms with Crippen LogP contribution in [0.25, 0.3) is 5.57 Å². The first-order chi connectivity index (χ1) is 14.5. The number of hydrogen-bond donors (Lipinski definition) is 0. The van der Waals surface area contributed by atoms with E-state index in [9.17, 15) is 0 Å². The van der Waals surface area contributed by atoms with E-state index in [0.717, 1.165) is 43.4 Å². The average molecular weight is 418 g/mol. The van der Waals surface area contributed by atoms with Crippen molar-refractivity contribution in [2.75, 3.05) is 0 Å². The second-order valence-electron chi connectivity index (χ2n) is 8.16. The van der Waals surface area contributed by atoms with Crippen molar-refractivity contribution in [2.24, 2.45) is 5.92 Å². The molecule has 0 fully saturated rings. The molecule has 0 saturated carbocycles. The summed E-state index contributed by atoms with van der Waals surface area (Å²) in [5, 5.41) is 0.548. The van der Waals surface area contributed by atoms with Gasteiger partial charge in [0.1, 0.15) is 5.15 Å². The fourth-order valence-corrected chi connectivity index (χ4v) is 4.17. The zero-order valence-corrected chi connectivity index (χ0v) is 19.2. The monoisotopic (exact) mass is 417 g/mol. The first-order valence-corrected chi connectivity index (χ1v) is 11.3. The molecule has 0 amide bonds. The highest BCUT2D eigenvalue weighted by molar-refractivity contribution is 6.29. The minimum absolute atomic E-state index is 0.476. The maximum absolute atomic E-state index is 6.20. The molecular weight excluding hydrogens is 386 g/mol. The Bertz CT molecular complexity index is 976. The largest absolute Gasteiger partial charge is 0.236 e. The van der Waals surface area contributed by atoms with E-state index in [2.05, 4.69) is 80.9 Å². The van der Waals surface area contributed by atoms with Gasteiger partial charge in [0.2, 0.25) is 0 Å². The highest BCUT2D eigenvalue weighted by Gasteiger charge is 2.20. The van der Waals surface area contributed by atoms with Crippen LogP contribution in [0, 0.1) is 12.8 Å². The summed E-state index contributed by atoms with van der Waals surface area (Å²) in [6.07, 6.45) is 14.2. The third-order valence-corrected chi connectivity index (χ3v) is 6.10. The molecular formula is C28H32ClN. The van der Waals surface area contributed by atoms with Gasteiger partial charge in [-0.2, -0.15) is 0 Å². The molecule has 1 atom stereocenters. The molecule has 1 aliphatic rings. The quantitative estimate of drug-likeness (QED) is 0.312. The van der Waals surface area contributed by atoms with E-state index < -0.39 is 0 Å². The summed E-state index contributed by atoms with van der Waals surface area (Å²) in [6.45, 7) is 10.3. The van der Waals surface area contributed by atoms with Crippen molar-refractivity contribution in [2.45, 2.75) is 52.9 Å². The lowest BCUT2D eigenvalue weighted by Gasteiger charge is -2.24. The number of nitrogens with zero attached hydrogens (tertiary/aromatic N) is 1. The highest BCUT2D eigenvalue weighted by Crippen LogP contribution is 2.36. The van der Waals surface area contributed by atoms with Crippen LogP contribution in [0.15, 0.2) is 78.4 Å². The number of aryl methyl sites for hydroxylation is 3. The number of rotatable bonds is 8. The van der Waals surface area contributed by atoms with E-state index in [0.29, 0.717) is 11.1 Å². The van der Waals surface area contributed by atoms with Gasteiger partial charge in [-0.1, -0.05) is 78.7 Å². The molecule has 0 radical (unpaired) electrons. The molecule has 1 unspecified atom stereocenters. The number of allylic oxidation sites excluding steroid dienone is 7. The Morgan fingerprint density at radius 1 is 1.10 bits per heavy atom. The van der Waals surface area contributed by atoms with Gasteiger partial charge in [0.25, 0.3) is 0 Å². The van der Waals surface area contributed by atoms with E-state index >= 15 is 0 Å².